The Bertz CT molecular complexity index is 1170. The van der Waals surface area contributed by atoms with Crippen molar-refractivity contribution in [3.63, 3.8) is 0 Å². The Morgan fingerprint density at radius 2 is 0.964 bits per heavy atom. The fraction of sp³-hybridized carbons (Fsp3) is 0.0833. The number of aromatic hydroxyl groups is 2. The van der Waals surface area contributed by atoms with E-state index in [-0.39, 0.29) is 11.5 Å². The monoisotopic (exact) mass is 370 g/mol. The zero-order valence-corrected chi connectivity index (χ0v) is 15.5. The molecule has 4 aromatic carbocycles. The number of fused-ring (bicyclic) bond motifs is 2. The van der Waals surface area contributed by atoms with Crippen molar-refractivity contribution in [3.05, 3.63) is 71.8 Å². The van der Waals surface area contributed by atoms with Gasteiger partial charge in [-0.25, -0.2) is 0 Å². The molecule has 0 aliphatic rings. The summed E-state index contributed by atoms with van der Waals surface area (Å²) in [7, 11) is 3.16. The van der Waals surface area contributed by atoms with Gasteiger partial charge in [0.25, 0.3) is 0 Å². The van der Waals surface area contributed by atoms with Crippen molar-refractivity contribution in [2.24, 2.45) is 0 Å². The smallest absolute Gasteiger partial charge is 0.139 e. The van der Waals surface area contributed by atoms with Gasteiger partial charge in [-0.1, -0.05) is 60.4 Å². The van der Waals surface area contributed by atoms with Gasteiger partial charge in [0.05, 0.1) is 25.3 Å². The maximum absolute atomic E-state index is 10.6. The third-order valence-electron chi connectivity index (χ3n) is 4.73. The van der Waals surface area contributed by atoms with Crippen molar-refractivity contribution in [1.29, 1.82) is 0 Å². The van der Waals surface area contributed by atoms with Crippen LogP contribution in [0.3, 0.4) is 0 Å². The second kappa shape index (κ2) is 7.05. The largest absolute Gasteiger partial charge is 0.506 e. The van der Waals surface area contributed by atoms with Gasteiger partial charge in [0.15, 0.2) is 0 Å². The first-order valence-corrected chi connectivity index (χ1v) is 8.73. The van der Waals surface area contributed by atoms with E-state index in [2.05, 4.69) is 11.8 Å². The van der Waals surface area contributed by atoms with E-state index in [1.165, 1.54) is 0 Å². The number of benzene rings is 4. The first-order chi connectivity index (χ1) is 13.6. The number of phenols is 2. The van der Waals surface area contributed by atoms with Crippen LogP contribution in [0.5, 0.6) is 23.0 Å². The van der Waals surface area contributed by atoms with Crippen LogP contribution in [0, 0.1) is 11.8 Å². The van der Waals surface area contributed by atoms with Gasteiger partial charge >= 0.3 is 0 Å². The third kappa shape index (κ3) is 2.83. The van der Waals surface area contributed by atoms with Crippen LogP contribution in [-0.2, 0) is 0 Å². The quantitative estimate of drug-likeness (QED) is 0.497. The summed E-state index contributed by atoms with van der Waals surface area (Å²) >= 11 is 0. The van der Waals surface area contributed by atoms with E-state index in [1.54, 1.807) is 26.4 Å². The average Bonchev–Trinajstić information content (AvgIpc) is 2.75. The molecule has 138 valence electrons. The van der Waals surface area contributed by atoms with Gasteiger partial charge in [0.2, 0.25) is 0 Å². The molecule has 0 heterocycles. The minimum Gasteiger partial charge on any atom is -0.506 e. The molecule has 4 rings (SSSR count). The molecule has 0 fully saturated rings. The van der Waals surface area contributed by atoms with Crippen molar-refractivity contribution in [3.8, 4) is 34.8 Å². The van der Waals surface area contributed by atoms with Crippen molar-refractivity contribution in [1.82, 2.24) is 0 Å². The van der Waals surface area contributed by atoms with E-state index >= 15 is 0 Å². The average molecular weight is 370 g/mol. The molecular formula is C24H18O4. The molecule has 0 aliphatic carbocycles. The maximum Gasteiger partial charge on any atom is 0.139 e. The van der Waals surface area contributed by atoms with E-state index in [9.17, 15) is 10.2 Å². The SMILES string of the molecule is COc1cc(C#Cc2cc(OC)c3ccccc3c2O)c(O)c2ccccc12. The topological polar surface area (TPSA) is 58.9 Å². The van der Waals surface area contributed by atoms with Crippen molar-refractivity contribution >= 4 is 21.5 Å². The van der Waals surface area contributed by atoms with E-state index in [4.69, 9.17) is 9.47 Å². The Morgan fingerprint density at radius 1 is 0.607 bits per heavy atom. The van der Waals surface area contributed by atoms with E-state index in [1.807, 2.05) is 48.5 Å². The van der Waals surface area contributed by atoms with E-state index in [0.717, 1.165) is 10.8 Å². The van der Waals surface area contributed by atoms with Gasteiger partial charge in [-0.3, -0.25) is 0 Å². The molecule has 0 bridgehead atoms. The zero-order chi connectivity index (χ0) is 19.7. The lowest BCUT2D eigenvalue weighted by molar-refractivity contribution is 0.418. The molecule has 0 aromatic heterocycles. The van der Waals surface area contributed by atoms with E-state index in [0.29, 0.717) is 33.4 Å². The first kappa shape index (κ1) is 17.6. The van der Waals surface area contributed by atoms with Gasteiger partial charge in [0, 0.05) is 33.7 Å². The molecule has 0 unspecified atom stereocenters. The molecule has 0 amide bonds. The van der Waals surface area contributed by atoms with Crippen LogP contribution in [0.1, 0.15) is 11.1 Å². The lowest BCUT2D eigenvalue weighted by atomic mass is 10.0. The van der Waals surface area contributed by atoms with Crippen molar-refractivity contribution < 1.29 is 19.7 Å². The van der Waals surface area contributed by atoms with Crippen LogP contribution in [0.15, 0.2) is 60.7 Å². The molecule has 0 radical (unpaired) electrons. The molecule has 0 spiro atoms. The minimum absolute atomic E-state index is 0.0798. The van der Waals surface area contributed by atoms with Gasteiger partial charge in [-0.05, 0) is 0 Å². The first-order valence-electron chi connectivity index (χ1n) is 8.73. The molecular weight excluding hydrogens is 352 g/mol. The van der Waals surface area contributed by atoms with Crippen LogP contribution in [0.25, 0.3) is 21.5 Å². The van der Waals surface area contributed by atoms with Gasteiger partial charge in [0.1, 0.15) is 23.0 Å². The standard InChI is InChI=1S/C24H18O4/c1-27-21-13-15(23(25)19-9-5-3-7-17(19)21)11-12-16-14-22(28-2)18-8-4-6-10-20(18)24(16)26/h3-10,13-14,25-26H,1-2H3. The fourth-order valence-electron chi connectivity index (χ4n) is 3.32. The third-order valence-corrected chi connectivity index (χ3v) is 4.73. The summed E-state index contributed by atoms with van der Waals surface area (Å²) in [6, 6.07) is 18.2. The number of hydrogen-bond acceptors (Lipinski definition) is 4. The fourth-order valence-corrected chi connectivity index (χ4v) is 3.32. The highest BCUT2D eigenvalue weighted by Gasteiger charge is 2.12. The molecule has 0 aliphatic heterocycles. The highest BCUT2D eigenvalue weighted by Crippen LogP contribution is 2.37. The summed E-state index contributed by atoms with van der Waals surface area (Å²) in [5.41, 5.74) is 0.837. The summed E-state index contributed by atoms with van der Waals surface area (Å²) in [5.74, 6) is 7.32. The second-order valence-electron chi connectivity index (χ2n) is 6.29. The Kier molecular flexibility index (Phi) is 4.42. The molecule has 4 heteroatoms. The molecule has 4 nitrogen and oxygen atoms in total. The highest BCUT2D eigenvalue weighted by molar-refractivity contribution is 5.96. The zero-order valence-electron chi connectivity index (χ0n) is 15.5. The minimum atomic E-state index is 0.0798. The molecule has 28 heavy (non-hydrogen) atoms. The summed E-state index contributed by atoms with van der Waals surface area (Å²) in [6.45, 7) is 0. The maximum atomic E-state index is 10.6. The molecule has 0 saturated heterocycles. The number of methoxy groups -OCH3 is 2. The number of rotatable bonds is 2. The molecule has 0 atom stereocenters. The van der Waals surface area contributed by atoms with Crippen molar-refractivity contribution in [2.45, 2.75) is 0 Å². The van der Waals surface area contributed by atoms with Crippen LogP contribution >= 0.6 is 0 Å². The molecule has 4 aromatic rings. The van der Waals surface area contributed by atoms with Crippen LogP contribution < -0.4 is 9.47 Å². The normalized spacial score (nSPS) is 10.5. The van der Waals surface area contributed by atoms with Crippen LogP contribution in [-0.4, -0.2) is 24.4 Å². The summed E-state index contributed by atoms with van der Waals surface area (Å²) in [6.07, 6.45) is 0. The lowest BCUT2D eigenvalue weighted by Crippen LogP contribution is -1.90. The lowest BCUT2D eigenvalue weighted by Gasteiger charge is -2.10. The van der Waals surface area contributed by atoms with Gasteiger partial charge in [-0.15, -0.1) is 0 Å². The summed E-state index contributed by atoms with van der Waals surface area (Å²) in [4.78, 5) is 0. The Balaban J connectivity index is 1.90. The Hall–Kier alpha value is -3.84. The van der Waals surface area contributed by atoms with Crippen LogP contribution in [0.4, 0.5) is 0 Å². The second-order valence-corrected chi connectivity index (χ2v) is 6.29. The summed E-state index contributed by atoms with van der Waals surface area (Å²) < 4.78 is 10.9. The van der Waals surface area contributed by atoms with Gasteiger partial charge < -0.3 is 19.7 Å². The Morgan fingerprint density at radius 3 is 1.32 bits per heavy atom. The van der Waals surface area contributed by atoms with E-state index < -0.39 is 0 Å². The van der Waals surface area contributed by atoms with Gasteiger partial charge in [-0.2, -0.15) is 0 Å². The highest BCUT2D eigenvalue weighted by atomic mass is 16.5. The van der Waals surface area contributed by atoms with Crippen molar-refractivity contribution in [2.75, 3.05) is 14.2 Å². The predicted molar refractivity (Wildman–Crippen MR) is 110 cm³/mol. The number of ether oxygens (including phenoxy) is 2. The van der Waals surface area contributed by atoms with Crippen LogP contribution in [0.2, 0.25) is 0 Å². The predicted octanol–water partition coefficient (Wildman–Crippen LogP) is 4.82. The Labute approximate surface area is 162 Å². The molecule has 0 saturated carbocycles. The number of phenolic OH excluding ortho intramolecular Hbond substituents is 2. The summed E-state index contributed by atoms with van der Waals surface area (Å²) in [5, 5.41) is 24.2. The molecule has 2 N–H and O–H groups in total. The number of hydrogen-bond donors (Lipinski definition) is 2.